The fraction of sp³-hybridized carbons (Fsp3) is 0.696. The van der Waals surface area contributed by atoms with Crippen molar-refractivity contribution in [2.75, 3.05) is 49.7 Å². The highest BCUT2D eigenvalue weighted by Crippen LogP contribution is 2.33. The Labute approximate surface area is 181 Å². The maximum atomic E-state index is 6.11. The van der Waals surface area contributed by atoms with Crippen LogP contribution in [0.15, 0.2) is 29.3 Å². The summed E-state index contributed by atoms with van der Waals surface area (Å²) in [6.45, 7) is 11.7. The summed E-state index contributed by atoms with van der Waals surface area (Å²) in [4.78, 5) is 6.89. The van der Waals surface area contributed by atoms with Crippen LogP contribution in [0.1, 0.15) is 39.2 Å². The summed E-state index contributed by atoms with van der Waals surface area (Å²) in [6, 6.07) is 8.94. The smallest absolute Gasteiger partial charge is 0.191 e. The first-order valence-electron chi connectivity index (χ1n) is 10.9. The van der Waals surface area contributed by atoms with Gasteiger partial charge in [-0.1, -0.05) is 32.9 Å². The van der Waals surface area contributed by atoms with E-state index in [4.69, 9.17) is 4.74 Å². The molecule has 0 aromatic heterocycles. The lowest BCUT2D eigenvalue weighted by molar-refractivity contribution is -0.0835. The molecule has 162 valence electrons. The van der Waals surface area contributed by atoms with Gasteiger partial charge in [-0.25, -0.2) is 0 Å². The minimum Gasteiger partial charge on any atom is -0.377 e. The van der Waals surface area contributed by atoms with Gasteiger partial charge < -0.3 is 20.3 Å². The maximum Gasteiger partial charge on any atom is 0.191 e. The van der Waals surface area contributed by atoms with Crippen LogP contribution in [0.3, 0.4) is 0 Å². The van der Waals surface area contributed by atoms with Crippen LogP contribution >= 0.6 is 11.8 Å². The highest BCUT2D eigenvalue weighted by atomic mass is 32.2. The maximum absolute atomic E-state index is 6.11. The van der Waals surface area contributed by atoms with Crippen LogP contribution < -0.4 is 15.5 Å². The van der Waals surface area contributed by atoms with Gasteiger partial charge in [0, 0.05) is 62.9 Å². The molecule has 3 rings (SSSR count). The number of ether oxygens (including phenoxy) is 1. The number of thioether (sulfide) groups is 1. The minimum absolute atomic E-state index is 0.165. The molecule has 0 aliphatic carbocycles. The molecule has 2 heterocycles. The average molecular weight is 419 g/mol. The number of guanidine groups is 1. The first kappa shape index (κ1) is 22.3. The largest absolute Gasteiger partial charge is 0.377 e. The van der Waals surface area contributed by atoms with E-state index < -0.39 is 0 Å². The van der Waals surface area contributed by atoms with E-state index in [-0.39, 0.29) is 5.41 Å². The molecule has 0 amide bonds. The molecular formula is C23H38N4OS. The Morgan fingerprint density at radius 3 is 2.55 bits per heavy atom. The normalized spacial score (nSPS) is 23.7. The molecule has 5 nitrogen and oxygen atoms in total. The molecule has 0 spiro atoms. The van der Waals surface area contributed by atoms with E-state index >= 15 is 0 Å². The number of aliphatic imine (C=N–C) groups is 1. The Hall–Kier alpha value is -1.40. The second kappa shape index (κ2) is 10.6. The average Bonchev–Trinajstić information content (AvgIpc) is 2.74. The van der Waals surface area contributed by atoms with Gasteiger partial charge >= 0.3 is 0 Å². The topological polar surface area (TPSA) is 48.9 Å². The molecule has 2 fully saturated rings. The van der Waals surface area contributed by atoms with Crippen LogP contribution in [0, 0.1) is 11.3 Å². The lowest BCUT2D eigenvalue weighted by atomic mass is 9.78. The molecule has 0 bridgehead atoms. The van der Waals surface area contributed by atoms with Crippen molar-refractivity contribution in [2.24, 2.45) is 16.3 Å². The van der Waals surface area contributed by atoms with E-state index in [0.717, 1.165) is 45.2 Å². The molecule has 2 aliphatic rings. The molecule has 2 aliphatic heterocycles. The number of nitrogens with one attached hydrogen (secondary N) is 2. The Morgan fingerprint density at radius 2 is 1.90 bits per heavy atom. The molecular weight excluding hydrogens is 380 g/mol. The van der Waals surface area contributed by atoms with Crippen molar-refractivity contribution in [3.05, 3.63) is 29.8 Å². The summed E-state index contributed by atoms with van der Waals surface area (Å²) in [6.07, 6.45) is 2.65. The zero-order valence-electron chi connectivity index (χ0n) is 18.5. The Morgan fingerprint density at radius 1 is 1.17 bits per heavy atom. The number of rotatable bonds is 5. The van der Waals surface area contributed by atoms with Gasteiger partial charge in [-0.2, -0.15) is 11.8 Å². The SMILES string of the molecule is CN=C(NCc1ccc(N2CCSCC2)cc1)NCC1CCCOC1C(C)(C)C. The summed E-state index contributed by atoms with van der Waals surface area (Å²) in [5.41, 5.74) is 2.78. The Kier molecular flexibility index (Phi) is 8.13. The molecule has 0 saturated carbocycles. The van der Waals surface area contributed by atoms with Crippen LogP contribution in [-0.4, -0.2) is 56.9 Å². The monoisotopic (exact) mass is 418 g/mol. The minimum atomic E-state index is 0.165. The lowest BCUT2D eigenvalue weighted by Crippen LogP contribution is -2.47. The quantitative estimate of drug-likeness (QED) is 0.563. The molecule has 0 radical (unpaired) electrons. The fourth-order valence-electron chi connectivity index (χ4n) is 4.29. The summed E-state index contributed by atoms with van der Waals surface area (Å²) in [5.74, 6) is 3.84. The zero-order chi connectivity index (χ0) is 20.7. The first-order valence-corrected chi connectivity index (χ1v) is 12.1. The molecule has 2 atom stereocenters. The van der Waals surface area contributed by atoms with Crippen molar-refractivity contribution in [3.8, 4) is 0 Å². The van der Waals surface area contributed by atoms with Crippen molar-refractivity contribution >= 4 is 23.4 Å². The van der Waals surface area contributed by atoms with Gasteiger partial charge in [0.2, 0.25) is 0 Å². The molecule has 6 heteroatoms. The molecule has 2 N–H and O–H groups in total. The number of nitrogens with zero attached hydrogens (tertiary/aromatic N) is 2. The second-order valence-electron chi connectivity index (χ2n) is 9.13. The van der Waals surface area contributed by atoms with Gasteiger partial charge in [0.1, 0.15) is 0 Å². The van der Waals surface area contributed by atoms with Gasteiger partial charge in [0.05, 0.1) is 6.10 Å². The van der Waals surface area contributed by atoms with Gasteiger partial charge in [-0.3, -0.25) is 4.99 Å². The summed E-state index contributed by atoms with van der Waals surface area (Å²) < 4.78 is 6.11. The third-order valence-corrected chi connectivity index (χ3v) is 6.77. The summed E-state index contributed by atoms with van der Waals surface area (Å²) in [7, 11) is 1.84. The van der Waals surface area contributed by atoms with Crippen molar-refractivity contribution in [1.82, 2.24) is 10.6 Å². The standard InChI is InChI=1S/C23H38N4OS/c1-23(2,3)21-19(6-5-13-28-21)17-26-22(24-4)25-16-18-7-9-20(10-8-18)27-11-14-29-15-12-27/h7-10,19,21H,5-6,11-17H2,1-4H3,(H2,24,25,26). The lowest BCUT2D eigenvalue weighted by Gasteiger charge is -2.40. The third-order valence-electron chi connectivity index (χ3n) is 5.83. The molecule has 1 aromatic carbocycles. The predicted octanol–water partition coefficient (Wildman–Crippen LogP) is 3.75. The first-order chi connectivity index (χ1) is 14.0. The van der Waals surface area contributed by atoms with Gasteiger partial charge in [-0.05, 0) is 36.0 Å². The predicted molar refractivity (Wildman–Crippen MR) is 126 cm³/mol. The molecule has 2 saturated heterocycles. The van der Waals surface area contributed by atoms with Crippen LogP contribution in [-0.2, 0) is 11.3 Å². The summed E-state index contributed by atoms with van der Waals surface area (Å²) >= 11 is 2.05. The van der Waals surface area contributed by atoms with Crippen LogP contribution in [0.25, 0.3) is 0 Å². The van der Waals surface area contributed by atoms with E-state index in [1.807, 2.05) is 18.8 Å². The third kappa shape index (κ3) is 6.54. The van der Waals surface area contributed by atoms with Crippen LogP contribution in [0.4, 0.5) is 5.69 Å². The van der Waals surface area contributed by atoms with Gasteiger partial charge in [-0.15, -0.1) is 0 Å². The number of hydrogen-bond donors (Lipinski definition) is 2. The van der Waals surface area contributed by atoms with E-state index in [9.17, 15) is 0 Å². The fourth-order valence-corrected chi connectivity index (χ4v) is 5.19. The number of anilines is 1. The number of hydrogen-bond acceptors (Lipinski definition) is 4. The van der Waals surface area contributed by atoms with Gasteiger partial charge in [0.25, 0.3) is 0 Å². The summed E-state index contributed by atoms with van der Waals surface area (Å²) in [5, 5.41) is 6.98. The van der Waals surface area contributed by atoms with Crippen LogP contribution in [0.5, 0.6) is 0 Å². The Bertz CT molecular complexity index is 650. The molecule has 29 heavy (non-hydrogen) atoms. The highest BCUT2D eigenvalue weighted by molar-refractivity contribution is 7.99. The highest BCUT2D eigenvalue weighted by Gasteiger charge is 2.35. The van der Waals surface area contributed by atoms with E-state index in [0.29, 0.717) is 12.0 Å². The second-order valence-corrected chi connectivity index (χ2v) is 10.4. The van der Waals surface area contributed by atoms with Crippen molar-refractivity contribution in [1.29, 1.82) is 0 Å². The van der Waals surface area contributed by atoms with E-state index in [1.165, 1.54) is 29.2 Å². The van der Waals surface area contributed by atoms with Crippen molar-refractivity contribution < 1.29 is 4.74 Å². The Balaban J connectivity index is 1.47. The van der Waals surface area contributed by atoms with Crippen molar-refractivity contribution in [2.45, 2.75) is 46.3 Å². The van der Waals surface area contributed by atoms with Crippen LogP contribution in [0.2, 0.25) is 0 Å². The van der Waals surface area contributed by atoms with Crippen molar-refractivity contribution in [3.63, 3.8) is 0 Å². The zero-order valence-corrected chi connectivity index (χ0v) is 19.4. The molecule has 1 aromatic rings. The van der Waals surface area contributed by atoms with E-state index in [1.54, 1.807) is 0 Å². The molecule has 2 unspecified atom stereocenters. The van der Waals surface area contributed by atoms with E-state index in [2.05, 4.69) is 65.6 Å². The number of benzene rings is 1. The van der Waals surface area contributed by atoms with Gasteiger partial charge in [0.15, 0.2) is 5.96 Å².